The third kappa shape index (κ3) is 2.40. The van der Waals surface area contributed by atoms with Gasteiger partial charge in [0, 0.05) is 18.9 Å². The van der Waals surface area contributed by atoms with Crippen molar-refractivity contribution < 1.29 is 28.7 Å². The first kappa shape index (κ1) is 17.2. The second kappa shape index (κ2) is 6.06. The smallest absolute Gasteiger partial charge is 0.330 e. The standard InChI is InChI=1S/C20H25NO6/c1-3-17(24)25-8-16(23)21-20-13-6-11(14(20)7-26-21)19-12-4-10(18(13)19)5-15(12)27-9(2)22/h3,10-15,18-20H,1,4-8H2,2H3. The molecule has 7 nitrogen and oxygen atoms in total. The van der Waals surface area contributed by atoms with Crippen LogP contribution in [0.2, 0.25) is 0 Å². The summed E-state index contributed by atoms with van der Waals surface area (Å²) in [4.78, 5) is 41.0. The molecule has 5 fully saturated rings. The summed E-state index contributed by atoms with van der Waals surface area (Å²) in [6, 6.07) is 0.0951. The van der Waals surface area contributed by atoms with Crippen molar-refractivity contribution in [2.45, 2.75) is 38.3 Å². The van der Waals surface area contributed by atoms with E-state index in [1.165, 1.54) is 12.0 Å². The van der Waals surface area contributed by atoms with Crippen LogP contribution in [-0.2, 0) is 28.7 Å². The molecule has 4 bridgehead atoms. The van der Waals surface area contributed by atoms with Crippen molar-refractivity contribution in [3.05, 3.63) is 12.7 Å². The fraction of sp³-hybridized carbons (Fsp3) is 0.750. The third-order valence-electron chi connectivity index (χ3n) is 7.78. The van der Waals surface area contributed by atoms with Crippen molar-refractivity contribution >= 4 is 17.8 Å². The second-order valence-corrected chi connectivity index (χ2v) is 8.74. The Balaban J connectivity index is 1.30. The van der Waals surface area contributed by atoms with Crippen LogP contribution < -0.4 is 0 Å². The minimum atomic E-state index is -0.600. The lowest BCUT2D eigenvalue weighted by atomic mass is 9.65. The van der Waals surface area contributed by atoms with Crippen molar-refractivity contribution in [1.82, 2.24) is 5.06 Å². The molecule has 0 aromatic rings. The number of ether oxygens (including phenoxy) is 2. The molecule has 5 aliphatic rings. The maximum atomic E-state index is 12.5. The molecule has 1 heterocycles. The van der Waals surface area contributed by atoms with E-state index in [1.807, 2.05) is 0 Å². The third-order valence-corrected chi connectivity index (χ3v) is 7.78. The first-order chi connectivity index (χ1) is 13.0. The molecular weight excluding hydrogens is 350 g/mol. The Morgan fingerprint density at radius 2 is 1.93 bits per heavy atom. The largest absolute Gasteiger partial charge is 0.462 e. The maximum absolute atomic E-state index is 12.5. The van der Waals surface area contributed by atoms with E-state index in [0.717, 1.165) is 25.3 Å². The van der Waals surface area contributed by atoms with Crippen LogP contribution in [0.25, 0.3) is 0 Å². The van der Waals surface area contributed by atoms with E-state index in [4.69, 9.17) is 14.3 Å². The van der Waals surface area contributed by atoms with Gasteiger partial charge in [0.1, 0.15) is 6.10 Å². The topological polar surface area (TPSA) is 82.1 Å². The zero-order valence-corrected chi connectivity index (χ0v) is 15.4. The molecule has 146 valence electrons. The van der Waals surface area contributed by atoms with Gasteiger partial charge in [-0.2, -0.15) is 0 Å². The van der Waals surface area contributed by atoms with Gasteiger partial charge in [-0.15, -0.1) is 0 Å². The Morgan fingerprint density at radius 1 is 1.11 bits per heavy atom. The fourth-order valence-electron chi connectivity index (χ4n) is 7.32. The monoisotopic (exact) mass is 375 g/mol. The summed E-state index contributed by atoms with van der Waals surface area (Å²) in [6.45, 7) is 5.08. The van der Waals surface area contributed by atoms with Gasteiger partial charge in [-0.3, -0.25) is 14.4 Å². The number of carbonyl (C=O) groups is 3. The summed E-state index contributed by atoms with van der Waals surface area (Å²) in [5.74, 6) is 2.49. The minimum Gasteiger partial charge on any atom is -0.462 e. The van der Waals surface area contributed by atoms with Crippen LogP contribution in [0.4, 0.5) is 0 Å². The van der Waals surface area contributed by atoms with Crippen molar-refractivity contribution in [2.24, 2.45) is 41.4 Å². The van der Waals surface area contributed by atoms with Gasteiger partial charge in [0.25, 0.3) is 5.91 Å². The van der Waals surface area contributed by atoms with Gasteiger partial charge >= 0.3 is 11.9 Å². The van der Waals surface area contributed by atoms with Crippen LogP contribution in [-0.4, -0.2) is 48.3 Å². The number of nitrogens with zero attached hydrogens (tertiary/aromatic N) is 1. The normalized spacial score (nSPS) is 45.5. The quantitative estimate of drug-likeness (QED) is 0.419. The number of esters is 2. The summed E-state index contributed by atoms with van der Waals surface area (Å²) in [5, 5.41) is 1.50. The summed E-state index contributed by atoms with van der Waals surface area (Å²) in [5.41, 5.74) is 0. The van der Waals surface area contributed by atoms with Crippen molar-refractivity contribution in [2.75, 3.05) is 13.2 Å². The van der Waals surface area contributed by atoms with Crippen LogP contribution in [0, 0.1) is 41.4 Å². The van der Waals surface area contributed by atoms with Crippen molar-refractivity contribution in [3.8, 4) is 0 Å². The fourth-order valence-corrected chi connectivity index (χ4v) is 7.32. The average molecular weight is 375 g/mol. The first-order valence-corrected chi connectivity index (χ1v) is 9.91. The molecule has 9 unspecified atom stereocenters. The van der Waals surface area contributed by atoms with Gasteiger partial charge < -0.3 is 9.47 Å². The number of rotatable bonds is 4. The molecule has 0 aromatic carbocycles. The summed E-state index contributed by atoms with van der Waals surface area (Å²) < 4.78 is 10.5. The predicted molar refractivity (Wildman–Crippen MR) is 91.6 cm³/mol. The Morgan fingerprint density at radius 3 is 2.67 bits per heavy atom. The zero-order chi connectivity index (χ0) is 18.9. The van der Waals surface area contributed by atoms with Gasteiger partial charge in [0.2, 0.25) is 0 Å². The van der Waals surface area contributed by atoms with Crippen molar-refractivity contribution in [3.63, 3.8) is 0 Å². The number of fused-ring (bicyclic) bond motifs is 12. The molecule has 0 radical (unpaired) electrons. The van der Waals surface area contributed by atoms with Gasteiger partial charge in [-0.1, -0.05) is 6.58 Å². The lowest BCUT2D eigenvalue weighted by Gasteiger charge is -2.43. The summed E-state index contributed by atoms with van der Waals surface area (Å²) >= 11 is 0. The Hall–Kier alpha value is -1.89. The Labute approximate surface area is 157 Å². The van der Waals surface area contributed by atoms with E-state index in [1.54, 1.807) is 0 Å². The van der Waals surface area contributed by atoms with Crippen LogP contribution in [0.5, 0.6) is 0 Å². The minimum absolute atomic E-state index is 0.0740. The van der Waals surface area contributed by atoms with Gasteiger partial charge in [0.15, 0.2) is 6.61 Å². The molecule has 0 N–H and O–H groups in total. The molecular formula is C20H25NO6. The highest BCUT2D eigenvalue weighted by molar-refractivity contribution is 5.85. The zero-order valence-electron chi connectivity index (χ0n) is 15.4. The van der Waals surface area contributed by atoms with Gasteiger partial charge in [0.05, 0.1) is 12.6 Å². The molecule has 1 aliphatic heterocycles. The molecule has 9 atom stereocenters. The number of amides is 1. The van der Waals surface area contributed by atoms with E-state index in [0.29, 0.717) is 48.0 Å². The van der Waals surface area contributed by atoms with E-state index in [2.05, 4.69) is 6.58 Å². The van der Waals surface area contributed by atoms with Crippen LogP contribution >= 0.6 is 0 Å². The number of hydroxylamine groups is 2. The summed E-state index contributed by atoms with van der Waals surface area (Å²) in [6.07, 6.45) is 4.36. The van der Waals surface area contributed by atoms with E-state index < -0.39 is 5.97 Å². The van der Waals surface area contributed by atoms with Crippen molar-refractivity contribution in [1.29, 1.82) is 0 Å². The molecule has 1 amide bonds. The summed E-state index contributed by atoms with van der Waals surface area (Å²) in [7, 11) is 0. The molecule has 4 aliphatic carbocycles. The molecule has 27 heavy (non-hydrogen) atoms. The van der Waals surface area contributed by atoms with E-state index in [-0.39, 0.29) is 30.6 Å². The predicted octanol–water partition coefficient (Wildman–Crippen LogP) is 1.33. The Kier molecular flexibility index (Phi) is 3.86. The van der Waals surface area contributed by atoms with Crippen LogP contribution in [0.3, 0.4) is 0 Å². The second-order valence-electron chi connectivity index (χ2n) is 8.74. The van der Waals surface area contributed by atoms with E-state index >= 15 is 0 Å². The first-order valence-electron chi connectivity index (χ1n) is 9.91. The highest BCUT2D eigenvalue weighted by Crippen LogP contribution is 2.70. The maximum Gasteiger partial charge on any atom is 0.330 e. The average Bonchev–Trinajstić information content (AvgIpc) is 3.39. The molecule has 0 spiro atoms. The lowest BCUT2D eigenvalue weighted by molar-refractivity contribution is -0.187. The molecule has 7 heteroatoms. The lowest BCUT2D eigenvalue weighted by Crippen LogP contribution is -2.49. The van der Waals surface area contributed by atoms with Gasteiger partial charge in [-0.05, 0) is 54.8 Å². The SMILES string of the molecule is C=CC(=O)OCC(=O)N1OCC2C3CC(C4C5CC(OC(C)=O)C(C5)C34)C21. The molecule has 0 aromatic heterocycles. The van der Waals surface area contributed by atoms with Crippen LogP contribution in [0.1, 0.15) is 26.2 Å². The van der Waals surface area contributed by atoms with E-state index in [9.17, 15) is 14.4 Å². The molecule has 4 saturated carbocycles. The molecule has 1 saturated heterocycles. The highest BCUT2D eigenvalue weighted by Gasteiger charge is 2.70. The van der Waals surface area contributed by atoms with Crippen LogP contribution in [0.15, 0.2) is 12.7 Å². The number of hydrogen-bond donors (Lipinski definition) is 0. The highest BCUT2D eigenvalue weighted by atomic mass is 16.7. The van der Waals surface area contributed by atoms with Gasteiger partial charge in [-0.25, -0.2) is 9.86 Å². The number of hydrogen-bond acceptors (Lipinski definition) is 6. The Bertz CT molecular complexity index is 707. The molecule has 5 rings (SSSR count). The number of carbonyl (C=O) groups excluding carboxylic acids is 3.